The van der Waals surface area contributed by atoms with Crippen molar-refractivity contribution in [2.75, 3.05) is 0 Å². The summed E-state index contributed by atoms with van der Waals surface area (Å²) in [5.74, 6) is -0.351. The molecule has 0 aromatic heterocycles. The van der Waals surface area contributed by atoms with Crippen molar-refractivity contribution in [1.29, 1.82) is 5.26 Å². The SMILES string of the molecule is CCC(C)(C)OC(=O)c1ccc(C#N)cc1. The molecule has 84 valence electrons. The molecule has 0 fully saturated rings. The molecule has 0 saturated heterocycles. The lowest BCUT2D eigenvalue weighted by atomic mass is 10.1. The van der Waals surface area contributed by atoms with Crippen LogP contribution in [0.2, 0.25) is 0 Å². The fraction of sp³-hybridized carbons (Fsp3) is 0.385. The number of esters is 1. The van der Waals surface area contributed by atoms with Crippen LogP contribution in [-0.4, -0.2) is 11.6 Å². The number of hydrogen-bond donors (Lipinski definition) is 0. The molecule has 1 rings (SSSR count). The Morgan fingerprint density at radius 2 is 1.94 bits per heavy atom. The fourth-order valence-corrected chi connectivity index (χ4v) is 1.06. The van der Waals surface area contributed by atoms with E-state index in [9.17, 15) is 4.79 Å². The average Bonchev–Trinajstić information content (AvgIpc) is 2.28. The zero-order valence-electron chi connectivity index (χ0n) is 9.78. The maximum absolute atomic E-state index is 11.7. The molecule has 0 aliphatic heterocycles. The van der Waals surface area contributed by atoms with Crippen LogP contribution in [0.25, 0.3) is 0 Å². The van der Waals surface area contributed by atoms with Gasteiger partial charge in [-0.2, -0.15) is 5.26 Å². The van der Waals surface area contributed by atoms with Crippen LogP contribution in [0.4, 0.5) is 0 Å². The molecule has 1 aromatic carbocycles. The Kier molecular flexibility index (Phi) is 3.68. The standard InChI is InChI=1S/C13H15NO2/c1-4-13(2,3)16-12(15)11-7-5-10(9-14)6-8-11/h5-8H,4H2,1-3H3. The molecular formula is C13H15NO2. The van der Waals surface area contributed by atoms with E-state index in [0.29, 0.717) is 11.1 Å². The van der Waals surface area contributed by atoms with Gasteiger partial charge in [0.2, 0.25) is 0 Å². The second-order valence-electron chi connectivity index (χ2n) is 4.19. The summed E-state index contributed by atoms with van der Waals surface area (Å²) in [6.07, 6.45) is 0.759. The lowest BCUT2D eigenvalue weighted by molar-refractivity contribution is -0.00243. The van der Waals surface area contributed by atoms with Gasteiger partial charge in [0.25, 0.3) is 0 Å². The first kappa shape index (κ1) is 12.3. The van der Waals surface area contributed by atoms with E-state index in [0.717, 1.165) is 6.42 Å². The van der Waals surface area contributed by atoms with Crippen LogP contribution in [0.15, 0.2) is 24.3 Å². The summed E-state index contributed by atoms with van der Waals surface area (Å²) in [5.41, 5.74) is 0.553. The van der Waals surface area contributed by atoms with Gasteiger partial charge in [0.05, 0.1) is 17.2 Å². The van der Waals surface area contributed by atoms with Crippen LogP contribution in [0.5, 0.6) is 0 Å². The van der Waals surface area contributed by atoms with E-state index in [1.165, 1.54) is 0 Å². The molecule has 0 N–H and O–H groups in total. The van der Waals surface area contributed by atoms with Crippen LogP contribution >= 0.6 is 0 Å². The molecule has 0 spiro atoms. The Balaban J connectivity index is 2.78. The number of ether oxygens (including phenoxy) is 1. The molecule has 3 heteroatoms. The largest absolute Gasteiger partial charge is 0.456 e. The number of carbonyl (C=O) groups is 1. The van der Waals surface area contributed by atoms with Crippen molar-refractivity contribution in [3.8, 4) is 6.07 Å². The maximum Gasteiger partial charge on any atom is 0.338 e. The van der Waals surface area contributed by atoms with Crippen molar-refractivity contribution >= 4 is 5.97 Å². The molecule has 0 heterocycles. The summed E-state index contributed by atoms with van der Waals surface area (Å²) < 4.78 is 5.32. The number of benzene rings is 1. The lowest BCUT2D eigenvalue weighted by Gasteiger charge is -2.23. The third-order valence-electron chi connectivity index (χ3n) is 2.47. The van der Waals surface area contributed by atoms with Crippen molar-refractivity contribution in [2.45, 2.75) is 32.8 Å². The van der Waals surface area contributed by atoms with Crippen LogP contribution in [0.1, 0.15) is 43.1 Å². The van der Waals surface area contributed by atoms with E-state index in [1.807, 2.05) is 26.8 Å². The number of nitrogens with zero attached hydrogens (tertiary/aromatic N) is 1. The predicted octanol–water partition coefficient (Wildman–Crippen LogP) is 2.90. The van der Waals surface area contributed by atoms with Crippen molar-refractivity contribution < 1.29 is 9.53 Å². The minimum atomic E-state index is -0.453. The van der Waals surface area contributed by atoms with E-state index >= 15 is 0 Å². The monoisotopic (exact) mass is 217 g/mol. The lowest BCUT2D eigenvalue weighted by Crippen LogP contribution is -2.27. The van der Waals surface area contributed by atoms with E-state index in [2.05, 4.69) is 0 Å². The number of rotatable bonds is 3. The van der Waals surface area contributed by atoms with E-state index in [4.69, 9.17) is 10.00 Å². The quantitative estimate of drug-likeness (QED) is 0.731. The summed E-state index contributed by atoms with van der Waals surface area (Å²) >= 11 is 0. The highest BCUT2D eigenvalue weighted by Gasteiger charge is 2.21. The summed E-state index contributed by atoms with van der Waals surface area (Å²) in [5, 5.41) is 8.63. The maximum atomic E-state index is 11.7. The Bertz CT molecular complexity index is 413. The molecular weight excluding hydrogens is 202 g/mol. The molecule has 3 nitrogen and oxygen atoms in total. The van der Waals surface area contributed by atoms with E-state index in [-0.39, 0.29) is 5.97 Å². The normalized spacial score (nSPS) is 10.6. The molecule has 0 saturated carbocycles. The first-order chi connectivity index (χ1) is 7.48. The predicted molar refractivity (Wildman–Crippen MR) is 60.9 cm³/mol. The second kappa shape index (κ2) is 4.80. The summed E-state index contributed by atoms with van der Waals surface area (Å²) in [4.78, 5) is 11.7. The van der Waals surface area contributed by atoms with Crippen LogP contribution in [0.3, 0.4) is 0 Å². The highest BCUT2D eigenvalue weighted by Crippen LogP contribution is 2.16. The molecule has 0 unspecified atom stereocenters. The van der Waals surface area contributed by atoms with Gasteiger partial charge in [0.15, 0.2) is 0 Å². The Morgan fingerprint density at radius 1 is 1.38 bits per heavy atom. The van der Waals surface area contributed by atoms with Crippen molar-refractivity contribution in [2.24, 2.45) is 0 Å². The molecule has 16 heavy (non-hydrogen) atoms. The molecule has 1 aromatic rings. The van der Waals surface area contributed by atoms with Gasteiger partial charge in [-0.1, -0.05) is 6.92 Å². The fourth-order valence-electron chi connectivity index (χ4n) is 1.06. The highest BCUT2D eigenvalue weighted by molar-refractivity contribution is 5.89. The zero-order chi connectivity index (χ0) is 12.2. The van der Waals surface area contributed by atoms with Crippen LogP contribution in [0, 0.1) is 11.3 Å². The van der Waals surface area contributed by atoms with Gasteiger partial charge in [0, 0.05) is 0 Å². The Hall–Kier alpha value is -1.82. The van der Waals surface area contributed by atoms with Crippen molar-refractivity contribution in [3.63, 3.8) is 0 Å². The first-order valence-corrected chi connectivity index (χ1v) is 5.22. The second-order valence-corrected chi connectivity index (χ2v) is 4.19. The number of carbonyl (C=O) groups excluding carboxylic acids is 1. The minimum Gasteiger partial charge on any atom is -0.456 e. The molecule has 0 atom stereocenters. The van der Waals surface area contributed by atoms with E-state index in [1.54, 1.807) is 24.3 Å². The molecule has 0 radical (unpaired) electrons. The third kappa shape index (κ3) is 3.09. The van der Waals surface area contributed by atoms with Crippen LogP contribution in [-0.2, 0) is 4.74 Å². The zero-order valence-corrected chi connectivity index (χ0v) is 9.78. The van der Waals surface area contributed by atoms with Gasteiger partial charge in [-0.05, 0) is 44.5 Å². The first-order valence-electron chi connectivity index (χ1n) is 5.22. The summed E-state index contributed by atoms with van der Waals surface area (Å²) in [6.45, 7) is 5.70. The van der Waals surface area contributed by atoms with Gasteiger partial charge in [-0.25, -0.2) is 4.79 Å². The topological polar surface area (TPSA) is 50.1 Å². The van der Waals surface area contributed by atoms with E-state index < -0.39 is 5.60 Å². The Labute approximate surface area is 95.7 Å². The van der Waals surface area contributed by atoms with Gasteiger partial charge in [-0.15, -0.1) is 0 Å². The van der Waals surface area contributed by atoms with Crippen molar-refractivity contribution in [3.05, 3.63) is 35.4 Å². The van der Waals surface area contributed by atoms with Gasteiger partial charge >= 0.3 is 5.97 Å². The van der Waals surface area contributed by atoms with Gasteiger partial charge in [-0.3, -0.25) is 0 Å². The molecule has 0 bridgehead atoms. The summed E-state index contributed by atoms with van der Waals surface area (Å²) in [6, 6.07) is 8.42. The van der Waals surface area contributed by atoms with Crippen molar-refractivity contribution in [1.82, 2.24) is 0 Å². The van der Waals surface area contributed by atoms with Gasteiger partial charge in [0.1, 0.15) is 5.60 Å². The number of hydrogen-bond acceptors (Lipinski definition) is 3. The molecule has 0 amide bonds. The molecule has 0 aliphatic carbocycles. The molecule has 0 aliphatic rings. The average molecular weight is 217 g/mol. The highest BCUT2D eigenvalue weighted by atomic mass is 16.6. The van der Waals surface area contributed by atoms with Crippen LogP contribution < -0.4 is 0 Å². The summed E-state index contributed by atoms with van der Waals surface area (Å²) in [7, 11) is 0. The third-order valence-corrected chi connectivity index (χ3v) is 2.47. The minimum absolute atomic E-state index is 0.351. The Morgan fingerprint density at radius 3 is 2.38 bits per heavy atom. The number of nitriles is 1. The van der Waals surface area contributed by atoms with Gasteiger partial charge < -0.3 is 4.74 Å². The smallest absolute Gasteiger partial charge is 0.338 e.